The Kier molecular flexibility index (Phi) is 8.68. The predicted molar refractivity (Wildman–Crippen MR) is 168 cm³/mol. The molecule has 1 aliphatic heterocycles. The van der Waals surface area contributed by atoms with Crippen LogP contribution in [-0.4, -0.2) is 49.3 Å². The topological polar surface area (TPSA) is 92.4 Å². The third kappa shape index (κ3) is 6.81. The normalized spacial score (nSPS) is 13.4. The first kappa shape index (κ1) is 28.7. The van der Waals surface area contributed by atoms with E-state index < -0.39 is 6.04 Å². The second-order valence-corrected chi connectivity index (χ2v) is 11.0. The molecule has 6 rings (SSSR count). The molecule has 8 nitrogen and oxygen atoms in total. The summed E-state index contributed by atoms with van der Waals surface area (Å²) in [5, 5.41) is 3.99. The molecular weight excluding hydrogens is 550 g/mol. The van der Waals surface area contributed by atoms with Crippen molar-refractivity contribution in [2.75, 3.05) is 6.54 Å². The first-order valence-corrected chi connectivity index (χ1v) is 14.7. The lowest BCUT2D eigenvalue weighted by atomic mass is 9.97. The maximum Gasteiger partial charge on any atom is 0.247 e. The van der Waals surface area contributed by atoms with E-state index in [4.69, 9.17) is 4.52 Å². The average molecular weight is 584 g/mol. The van der Waals surface area contributed by atoms with Crippen molar-refractivity contribution in [1.82, 2.24) is 24.9 Å². The van der Waals surface area contributed by atoms with E-state index in [0.717, 1.165) is 34.2 Å². The third-order valence-electron chi connectivity index (χ3n) is 7.90. The number of aromatic nitrogens is 3. The highest BCUT2D eigenvalue weighted by atomic mass is 16.5. The zero-order valence-corrected chi connectivity index (χ0v) is 24.5. The van der Waals surface area contributed by atoms with Gasteiger partial charge < -0.3 is 14.3 Å². The van der Waals surface area contributed by atoms with Crippen LogP contribution in [-0.2, 0) is 35.5 Å². The Morgan fingerprint density at radius 3 is 2.36 bits per heavy atom. The lowest BCUT2D eigenvalue weighted by Crippen LogP contribution is -2.52. The van der Waals surface area contributed by atoms with Crippen molar-refractivity contribution in [2.45, 2.75) is 38.9 Å². The summed E-state index contributed by atoms with van der Waals surface area (Å²) < 4.78 is 5.18. The molecule has 8 heteroatoms. The minimum absolute atomic E-state index is 0.0690. The lowest BCUT2D eigenvalue weighted by Gasteiger charge is -2.36. The van der Waals surface area contributed by atoms with Gasteiger partial charge in [-0.05, 0) is 47.2 Å². The van der Waals surface area contributed by atoms with Crippen molar-refractivity contribution >= 4 is 17.9 Å². The number of carbonyl (C=O) groups is 2. The van der Waals surface area contributed by atoms with E-state index in [1.165, 1.54) is 18.0 Å². The number of hydrogen-bond donors (Lipinski definition) is 0. The van der Waals surface area contributed by atoms with Crippen LogP contribution < -0.4 is 0 Å². The van der Waals surface area contributed by atoms with Crippen molar-refractivity contribution < 1.29 is 14.1 Å². The van der Waals surface area contributed by atoms with Crippen molar-refractivity contribution in [3.05, 3.63) is 143 Å². The summed E-state index contributed by atoms with van der Waals surface area (Å²) in [5.74, 6) is 0.304. The molecule has 220 valence electrons. The van der Waals surface area contributed by atoms with Crippen LogP contribution >= 0.6 is 0 Å². The SMILES string of the molecule is Cc1cc(C=CC(=O)N(Cc2ccc(-c3cncnc3)cc2)[C@@H](Cc2ccccc2)C(=O)N2CCc3ccccc3C2)no1. The highest BCUT2D eigenvalue weighted by molar-refractivity contribution is 5.95. The number of amides is 2. The molecule has 3 aromatic carbocycles. The summed E-state index contributed by atoms with van der Waals surface area (Å²) in [6, 6.07) is 27.1. The summed E-state index contributed by atoms with van der Waals surface area (Å²) in [6.07, 6.45) is 9.30. The predicted octanol–water partition coefficient (Wildman–Crippen LogP) is 5.68. The van der Waals surface area contributed by atoms with Crippen LogP contribution in [0.15, 0.2) is 114 Å². The number of fused-ring (bicyclic) bond motifs is 1. The Labute approximate surface area is 256 Å². The number of carbonyl (C=O) groups excluding carboxylic acids is 2. The van der Waals surface area contributed by atoms with Crippen LogP contribution in [0.2, 0.25) is 0 Å². The molecule has 0 saturated heterocycles. The molecule has 44 heavy (non-hydrogen) atoms. The molecule has 2 amide bonds. The van der Waals surface area contributed by atoms with Gasteiger partial charge in [-0.15, -0.1) is 0 Å². The molecule has 0 aliphatic carbocycles. The van der Waals surface area contributed by atoms with E-state index in [-0.39, 0.29) is 18.4 Å². The first-order chi connectivity index (χ1) is 21.5. The van der Waals surface area contributed by atoms with Crippen LogP contribution in [0.25, 0.3) is 17.2 Å². The number of rotatable bonds is 9. The fourth-order valence-corrected chi connectivity index (χ4v) is 5.57. The maximum atomic E-state index is 14.4. The van der Waals surface area contributed by atoms with Crippen LogP contribution in [0.1, 0.15) is 33.7 Å². The summed E-state index contributed by atoms with van der Waals surface area (Å²) in [4.78, 5) is 40.3. The molecule has 0 bridgehead atoms. The Hall–Kier alpha value is -5.37. The summed E-state index contributed by atoms with van der Waals surface area (Å²) in [7, 11) is 0. The molecule has 0 N–H and O–H groups in total. The highest BCUT2D eigenvalue weighted by Gasteiger charge is 2.34. The molecule has 0 fully saturated rings. The zero-order chi connectivity index (χ0) is 30.3. The van der Waals surface area contributed by atoms with Gasteiger partial charge in [0.2, 0.25) is 11.8 Å². The number of nitrogens with zero attached hydrogens (tertiary/aromatic N) is 5. The largest absolute Gasteiger partial charge is 0.361 e. The molecular formula is C36H33N5O3. The number of hydrogen-bond acceptors (Lipinski definition) is 6. The maximum absolute atomic E-state index is 14.4. The van der Waals surface area contributed by atoms with Gasteiger partial charge in [0.05, 0.1) is 0 Å². The Morgan fingerprint density at radius 1 is 0.909 bits per heavy atom. The van der Waals surface area contributed by atoms with E-state index >= 15 is 0 Å². The standard InChI is InChI=1S/C36H33N5O3/c1-26-19-33(39-44-26)15-16-35(42)41(23-28-11-13-30(14-12-28)32-21-37-25-38-22-32)34(20-27-7-3-2-4-8-27)36(43)40-18-17-29-9-5-6-10-31(29)24-40/h2-16,19,21-22,25,34H,17-18,20,23-24H2,1H3/t34-/m0/s1. The monoisotopic (exact) mass is 583 g/mol. The summed E-state index contributed by atoms with van der Waals surface area (Å²) in [6.45, 7) is 3.17. The van der Waals surface area contributed by atoms with Crippen LogP contribution in [0.3, 0.4) is 0 Å². The highest BCUT2D eigenvalue weighted by Crippen LogP contribution is 2.24. The molecule has 0 unspecified atom stereocenters. The fraction of sp³-hybridized carbons (Fsp3) is 0.194. The van der Waals surface area contributed by atoms with Crippen molar-refractivity contribution in [1.29, 1.82) is 0 Å². The minimum Gasteiger partial charge on any atom is -0.361 e. The van der Waals surface area contributed by atoms with Crippen LogP contribution in [0.4, 0.5) is 0 Å². The van der Waals surface area contributed by atoms with Crippen LogP contribution in [0, 0.1) is 6.92 Å². The van der Waals surface area contributed by atoms with Gasteiger partial charge in [-0.25, -0.2) is 9.97 Å². The molecule has 5 aromatic rings. The smallest absolute Gasteiger partial charge is 0.247 e. The van der Waals surface area contributed by atoms with Crippen molar-refractivity contribution in [3.63, 3.8) is 0 Å². The number of aryl methyl sites for hydroxylation is 1. The van der Waals surface area contributed by atoms with Gasteiger partial charge in [0, 0.05) is 56.2 Å². The Morgan fingerprint density at radius 2 is 1.64 bits per heavy atom. The molecule has 1 aliphatic rings. The first-order valence-electron chi connectivity index (χ1n) is 14.7. The molecule has 1 atom stereocenters. The van der Waals surface area contributed by atoms with E-state index in [9.17, 15) is 9.59 Å². The molecule has 2 aromatic heterocycles. The van der Waals surface area contributed by atoms with E-state index in [1.807, 2.05) is 71.6 Å². The third-order valence-corrected chi connectivity index (χ3v) is 7.90. The van der Waals surface area contributed by atoms with Crippen molar-refractivity contribution in [2.24, 2.45) is 0 Å². The van der Waals surface area contributed by atoms with Gasteiger partial charge in [0.1, 0.15) is 23.8 Å². The average Bonchev–Trinajstić information content (AvgIpc) is 3.50. The summed E-state index contributed by atoms with van der Waals surface area (Å²) >= 11 is 0. The Bertz CT molecular complexity index is 1750. The van der Waals surface area contributed by atoms with Gasteiger partial charge in [-0.2, -0.15) is 0 Å². The molecule has 0 radical (unpaired) electrons. The van der Waals surface area contributed by atoms with Gasteiger partial charge in [0.25, 0.3) is 0 Å². The fourth-order valence-electron chi connectivity index (χ4n) is 5.57. The van der Waals surface area contributed by atoms with Crippen molar-refractivity contribution in [3.8, 4) is 11.1 Å². The zero-order valence-electron chi connectivity index (χ0n) is 24.5. The second-order valence-electron chi connectivity index (χ2n) is 11.0. The minimum atomic E-state index is -0.721. The molecule has 0 saturated carbocycles. The molecule has 3 heterocycles. The van der Waals surface area contributed by atoms with Gasteiger partial charge in [-0.1, -0.05) is 84.0 Å². The van der Waals surface area contributed by atoms with Gasteiger partial charge in [-0.3, -0.25) is 9.59 Å². The van der Waals surface area contributed by atoms with E-state index in [1.54, 1.807) is 36.4 Å². The van der Waals surface area contributed by atoms with Gasteiger partial charge in [0.15, 0.2) is 0 Å². The lowest BCUT2D eigenvalue weighted by molar-refractivity contribution is -0.144. The van der Waals surface area contributed by atoms with Gasteiger partial charge >= 0.3 is 0 Å². The van der Waals surface area contributed by atoms with Crippen LogP contribution in [0.5, 0.6) is 0 Å². The second kappa shape index (κ2) is 13.3. The number of benzene rings is 3. The molecule has 0 spiro atoms. The quantitative estimate of drug-likeness (QED) is 0.208. The van der Waals surface area contributed by atoms with E-state index in [2.05, 4.69) is 27.3 Å². The summed E-state index contributed by atoms with van der Waals surface area (Å²) in [5.41, 5.74) is 6.71. The van der Waals surface area contributed by atoms with E-state index in [0.29, 0.717) is 31.0 Å². The Balaban J connectivity index is 1.34.